The number of pyridine rings is 2. The van der Waals surface area contributed by atoms with E-state index in [1.54, 1.807) is 4.40 Å². The molecule has 0 atom stereocenters. The van der Waals surface area contributed by atoms with E-state index >= 15 is 0 Å². The highest BCUT2D eigenvalue weighted by Gasteiger charge is 2.50. The van der Waals surface area contributed by atoms with Gasteiger partial charge >= 0.3 is 15.5 Å². The molecule has 198 valence electrons. The van der Waals surface area contributed by atoms with Crippen LogP contribution < -0.4 is 10.3 Å². The summed E-state index contributed by atoms with van der Waals surface area (Å²) in [7, 11) is -5.58. The third kappa shape index (κ3) is 4.95. The molecule has 1 aliphatic rings. The number of nitrogens with one attached hydrogen (secondary N) is 1. The highest BCUT2D eigenvalue weighted by Crippen LogP contribution is 2.28. The molecule has 0 aliphatic carbocycles. The van der Waals surface area contributed by atoms with Crippen molar-refractivity contribution in [1.29, 1.82) is 0 Å². The van der Waals surface area contributed by atoms with E-state index in [-0.39, 0.29) is 23.2 Å². The summed E-state index contributed by atoms with van der Waals surface area (Å²) in [6.07, 6.45) is 4.11. The van der Waals surface area contributed by atoms with Crippen LogP contribution in [0.25, 0.3) is 5.65 Å². The third-order valence-electron chi connectivity index (χ3n) is 5.69. The van der Waals surface area contributed by atoms with E-state index in [0.717, 1.165) is 22.2 Å². The molecule has 0 unspecified atom stereocenters. The molecule has 15 heteroatoms. The van der Waals surface area contributed by atoms with Crippen molar-refractivity contribution in [3.8, 4) is 0 Å². The normalized spacial score (nSPS) is 14.5. The molecule has 1 aliphatic heterocycles. The fraction of sp³-hybridized carbons (Fsp3) is 0.364. The summed E-state index contributed by atoms with van der Waals surface area (Å²) >= 11 is 0. The van der Waals surface area contributed by atoms with Crippen molar-refractivity contribution in [1.82, 2.24) is 24.0 Å². The minimum atomic E-state index is -5.58. The van der Waals surface area contributed by atoms with Gasteiger partial charge in [0, 0.05) is 18.9 Å². The molecule has 1 N–H and O–H groups in total. The highest BCUT2D eigenvalue weighted by molar-refractivity contribution is 7.90. The van der Waals surface area contributed by atoms with Gasteiger partial charge in [0.1, 0.15) is 17.7 Å². The maximum Gasteiger partial charge on any atom is 0.516 e. The average Bonchev–Trinajstić information content (AvgIpc) is 3.21. The zero-order chi connectivity index (χ0) is 27.1. The van der Waals surface area contributed by atoms with Crippen molar-refractivity contribution in [2.45, 2.75) is 39.2 Å². The number of aromatic nitrogens is 3. The van der Waals surface area contributed by atoms with Crippen LogP contribution in [0.5, 0.6) is 0 Å². The van der Waals surface area contributed by atoms with Gasteiger partial charge < -0.3 is 5.32 Å². The van der Waals surface area contributed by atoms with Crippen LogP contribution >= 0.6 is 0 Å². The molecule has 0 radical (unpaired) electrons. The van der Waals surface area contributed by atoms with E-state index in [2.05, 4.69) is 20.4 Å². The number of alkyl halides is 3. The van der Waals surface area contributed by atoms with Crippen LogP contribution in [-0.2, 0) is 23.0 Å². The number of aryl methyl sites for hydroxylation is 3. The minimum absolute atomic E-state index is 0.0407. The van der Waals surface area contributed by atoms with Gasteiger partial charge in [0.2, 0.25) is 0 Å². The maximum atomic E-state index is 14.8. The van der Waals surface area contributed by atoms with Crippen molar-refractivity contribution in [2.24, 2.45) is 5.10 Å². The van der Waals surface area contributed by atoms with E-state index in [1.165, 1.54) is 6.20 Å². The molecule has 3 aromatic rings. The van der Waals surface area contributed by atoms with E-state index in [9.17, 15) is 30.8 Å². The molecule has 4 heterocycles. The van der Waals surface area contributed by atoms with Crippen LogP contribution in [0.3, 0.4) is 0 Å². The SMILES string of the molecule is CCc1nc2c(C)cc(C)cn2c1C(=O)NCc1cnc(N2CCN(S(=O)(=O)C(F)(F)F)C=N2)c(F)c1. The van der Waals surface area contributed by atoms with E-state index in [4.69, 9.17) is 0 Å². The Morgan fingerprint density at radius 2 is 1.92 bits per heavy atom. The number of fused-ring (bicyclic) bond motifs is 1. The number of rotatable bonds is 6. The lowest BCUT2D eigenvalue weighted by molar-refractivity contribution is -0.0471. The molecule has 3 aromatic heterocycles. The average molecular weight is 542 g/mol. The number of amides is 1. The summed E-state index contributed by atoms with van der Waals surface area (Å²) in [5, 5.41) is 7.29. The number of carbonyl (C=O) groups is 1. The van der Waals surface area contributed by atoms with Gasteiger partial charge in [-0.3, -0.25) is 9.20 Å². The molecule has 0 fully saturated rings. The van der Waals surface area contributed by atoms with Gasteiger partial charge in [-0.25, -0.2) is 23.7 Å². The summed E-state index contributed by atoms with van der Waals surface area (Å²) in [5.74, 6) is -1.53. The lowest BCUT2D eigenvalue weighted by Crippen LogP contribution is -2.46. The zero-order valence-corrected chi connectivity index (χ0v) is 20.9. The number of imidazole rings is 1. The number of anilines is 1. The van der Waals surface area contributed by atoms with Crippen LogP contribution in [-0.4, -0.2) is 57.9 Å². The first-order chi connectivity index (χ1) is 17.3. The monoisotopic (exact) mass is 541 g/mol. The Balaban J connectivity index is 1.48. The van der Waals surface area contributed by atoms with E-state index < -0.39 is 33.8 Å². The number of halogens is 4. The number of sulfonamides is 1. The second-order valence-electron chi connectivity index (χ2n) is 8.40. The van der Waals surface area contributed by atoms with Gasteiger partial charge in [-0.2, -0.15) is 26.7 Å². The standard InChI is InChI=1S/C22H23F4N7O3S/c1-4-17-18(32-11-13(2)7-14(3)19(32)30-17)21(34)28-10-15-8-16(23)20(27-9-15)33-6-5-31(12-29-33)37(35,36)22(24,25)26/h7-9,11-12H,4-6,10H2,1-3H3,(H,28,34). The Hall–Kier alpha value is -3.75. The third-order valence-corrected chi connectivity index (χ3v) is 7.17. The molecule has 0 bridgehead atoms. The van der Waals surface area contributed by atoms with Gasteiger partial charge in [-0.1, -0.05) is 13.0 Å². The van der Waals surface area contributed by atoms with E-state index in [1.807, 2.05) is 33.0 Å². The van der Waals surface area contributed by atoms with Crippen molar-refractivity contribution in [3.05, 3.63) is 58.4 Å². The molecule has 0 saturated heterocycles. The number of carbonyl (C=O) groups excluding carboxylic acids is 1. The zero-order valence-electron chi connectivity index (χ0n) is 20.0. The van der Waals surface area contributed by atoms with Gasteiger partial charge in [0.25, 0.3) is 5.91 Å². The fourth-order valence-corrected chi connectivity index (χ4v) is 4.70. The first-order valence-corrected chi connectivity index (χ1v) is 12.6. The summed E-state index contributed by atoms with van der Waals surface area (Å²) in [6, 6.07) is 3.08. The molecule has 1 amide bonds. The quantitative estimate of drug-likeness (QED) is 0.481. The van der Waals surface area contributed by atoms with Crippen LogP contribution in [0, 0.1) is 19.7 Å². The molecule has 37 heavy (non-hydrogen) atoms. The second-order valence-corrected chi connectivity index (χ2v) is 10.3. The van der Waals surface area contributed by atoms with Crippen molar-refractivity contribution in [2.75, 3.05) is 18.1 Å². The topological polar surface area (TPSA) is 112 Å². The van der Waals surface area contributed by atoms with Gasteiger partial charge in [-0.05, 0) is 43.0 Å². The Kier molecular flexibility index (Phi) is 6.83. The maximum absolute atomic E-state index is 14.8. The molecular weight excluding hydrogens is 518 g/mol. The number of nitrogens with zero attached hydrogens (tertiary/aromatic N) is 6. The molecule has 0 spiro atoms. The largest absolute Gasteiger partial charge is 0.516 e. The van der Waals surface area contributed by atoms with Crippen molar-refractivity contribution in [3.63, 3.8) is 0 Å². The Morgan fingerprint density at radius 3 is 2.51 bits per heavy atom. The summed E-state index contributed by atoms with van der Waals surface area (Å²) in [6.45, 7) is 4.71. The number of hydrogen-bond acceptors (Lipinski definition) is 7. The minimum Gasteiger partial charge on any atom is -0.347 e. The molecular formula is C22H23F4N7O3S. The van der Waals surface area contributed by atoms with Gasteiger partial charge in [0.15, 0.2) is 11.6 Å². The summed E-state index contributed by atoms with van der Waals surface area (Å²) in [5.41, 5.74) is -1.58. The van der Waals surface area contributed by atoms with Crippen LogP contribution in [0.4, 0.5) is 23.4 Å². The first-order valence-electron chi connectivity index (χ1n) is 11.1. The molecule has 10 nitrogen and oxygen atoms in total. The van der Waals surface area contributed by atoms with Gasteiger partial charge in [0.05, 0.1) is 18.8 Å². The Labute approximate surface area is 209 Å². The Bertz CT molecular complexity index is 1500. The van der Waals surface area contributed by atoms with Crippen molar-refractivity contribution >= 4 is 33.7 Å². The summed E-state index contributed by atoms with van der Waals surface area (Å²) < 4.78 is 77.6. The predicted molar refractivity (Wildman–Crippen MR) is 127 cm³/mol. The molecule has 0 saturated carbocycles. The Morgan fingerprint density at radius 1 is 1.19 bits per heavy atom. The number of hydrazone groups is 1. The lowest BCUT2D eigenvalue weighted by atomic mass is 10.2. The van der Waals surface area contributed by atoms with Crippen LogP contribution in [0.2, 0.25) is 0 Å². The molecule has 4 rings (SSSR count). The highest BCUT2D eigenvalue weighted by atomic mass is 32.2. The predicted octanol–water partition coefficient (Wildman–Crippen LogP) is 2.89. The first kappa shape index (κ1) is 26.3. The fourth-order valence-electron chi connectivity index (χ4n) is 3.94. The van der Waals surface area contributed by atoms with Gasteiger partial charge in [-0.15, -0.1) is 0 Å². The van der Waals surface area contributed by atoms with E-state index in [0.29, 0.717) is 35.4 Å². The van der Waals surface area contributed by atoms with Crippen LogP contribution in [0.15, 0.2) is 29.6 Å². The summed E-state index contributed by atoms with van der Waals surface area (Å²) in [4.78, 5) is 21.6. The number of hydrogen-bond donors (Lipinski definition) is 1. The lowest BCUT2D eigenvalue weighted by Gasteiger charge is -2.29. The van der Waals surface area contributed by atoms with Crippen LogP contribution in [0.1, 0.15) is 39.8 Å². The second kappa shape index (κ2) is 9.61. The molecule has 0 aromatic carbocycles. The smallest absolute Gasteiger partial charge is 0.347 e. The van der Waals surface area contributed by atoms with Crippen molar-refractivity contribution < 1.29 is 30.8 Å².